The van der Waals surface area contributed by atoms with Crippen LogP contribution in [0, 0.1) is 0 Å². The van der Waals surface area contributed by atoms with E-state index in [2.05, 4.69) is 10.6 Å². The van der Waals surface area contributed by atoms with Crippen LogP contribution < -0.4 is 10.6 Å². The van der Waals surface area contributed by atoms with Gasteiger partial charge in [0.1, 0.15) is 23.3 Å². The highest BCUT2D eigenvalue weighted by molar-refractivity contribution is 5.82. The van der Waals surface area contributed by atoms with Crippen LogP contribution in [0.15, 0.2) is 0 Å². The molecule has 29 heavy (non-hydrogen) atoms. The van der Waals surface area contributed by atoms with Crippen LogP contribution in [0.3, 0.4) is 0 Å². The quantitative estimate of drug-likeness (QED) is 0.454. The Morgan fingerprint density at radius 2 is 1.00 bits per heavy atom. The van der Waals surface area contributed by atoms with Gasteiger partial charge in [0.25, 0.3) is 0 Å². The number of methoxy groups -OCH3 is 2. The number of alkyl carbamates (subject to hydrolysis) is 2. The van der Waals surface area contributed by atoms with Crippen molar-refractivity contribution in [2.24, 2.45) is 0 Å². The molecule has 0 spiro atoms. The molecule has 0 aromatic carbocycles. The van der Waals surface area contributed by atoms with Crippen molar-refractivity contribution in [3.05, 3.63) is 0 Å². The fraction of sp³-hybridized carbons (Fsp3) is 0.789. The van der Waals surface area contributed by atoms with Gasteiger partial charge in [0.2, 0.25) is 0 Å². The molecular weight excluding hydrogens is 384 g/mol. The van der Waals surface area contributed by atoms with Gasteiger partial charge in [0.15, 0.2) is 0 Å². The first-order valence-electron chi connectivity index (χ1n) is 9.33. The van der Waals surface area contributed by atoms with Crippen molar-refractivity contribution in [2.45, 2.75) is 84.1 Å². The van der Waals surface area contributed by atoms with E-state index in [0.717, 1.165) is 0 Å². The van der Waals surface area contributed by atoms with Gasteiger partial charge < -0.3 is 29.6 Å². The largest absolute Gasteiger partial charge is 0.467 e. The third-order valence-electron chi connectivity index (χ3n) is 3.34. The lowest BCUT2D eigenvalue weighted by Crippen LogP contribution is -2.45. The van der Waals surface area contributed by atoms with E-state index in [9.17, 15) is 19.2 Å². The molecule has 0 aliphatic carbocycles. The molecule has 0 heterocycles. The fourth-order valence-corrected chi connectivity index (χ4v) is 2.21. The number of esters is 2. The van der Waals surface area contributed by atoms with Crippen molar-refractivity contribution >= 4 is 24.1 Å². The zero-order chi connectivity index (χ0) is 22.8. The van der Waals surface area contributed by atoms with E-state index in [1.54, 1.807) is 41.5 Å². The molecule has 0 radical (unpaired) electrons. The predicted octanol–water partition coefficient (Wildman–Crippen LogP) is 2.29. The molecule has 0 fully saturated rings. The molecule has 168 valence electrons. The van der Waals surface area contributed by atoms with Crippen molar-refractivity contribution in [3.8, 4) is 0 Å². The molecule has 0 saturated carbocycles. The standard InChI is InChI=1S/C19H34N2O8/c1-18(2,3)28-16(24)20-12(14(22)26-7)10-9-11-13(15(23)27-8)21-17(25)29-19(4,5)6/h12-13H,9-11H2,1-8H3,(H,20,24)(H,21,25)/t12-,13+. The topological polar surface area (TPSA) is 129 Å². The Bertz CT molecular complexity index is 528. The van der Waals surface area contributed by atoms with Gasteiger partial charge in [0, 0.05) is 0 Å². The van der Waals surface area contributed by atoms with Crippen LogP contribution in [0.5, 0.6) is 0 Å². The van der Waals surface area contributed by atoms with E-state index in [0.29, 0.717) is 6.42 Å². The monoisotopic (exact) mass is 418 g/mol. The fourth-order valence-electron chi connectivity index (χ4n) is 2.21. The summed E-state index contributed by atoms with van der Waals surface area (Å²) < 4.78 is 19.7. The van der Waals surface area contributed by atoms with Gasteiger partial charge >= 0.3 is 24.1 Å². The average Bonchev–Trinajstić information content (AvgIpc) is 2.55. The predicted molar refractivity (Wildman–Crippen MR) is 104 cm³/mol. The Morgan fingerprint density at radius 1 is 0.690 bits per heavy atom. The van der Waals surface area contributed by atoms with Gasteiger partial charge in [-0.3, -0.25) is 0 Å². The highest BCUT2D eigenvalue weighted by Gasteiger charge is 2.28. The van der Waals surface area contributed by atoms with Crippen LogP contribution in [0.2, 0.25) is 0 Å². The third kappa shape index (κ3) is 12.5. The highest BCUT2D eigenvalue weighted by Crippen LogP contribution is 2.12. The number of rotatable bonds is 8. The second-order valence-corrected chi connectivity index (χ2v) is 8.37. The van der Waals surface area contributed by atoms with E-state index >= 15 is 0 Å². The van der Waals surface area contributed by atoms with Crippen LogP contribution in [0.25, 0.3) is 0 Å². The number of hydrogen-bond acceptors (Lipinski definition) is 8. The molecule has 0 rings (SSSR count). The van der Waals surface area contributed by atoms with Gasteiger partial charge in [-0.1, -0.05) is 0 Å². The molecular formula is C19H34N2O8. The van der Waals surface area contributed by atoms with E-state index in [4.69, 9.17) is 18.9 Å². The molecule has 10 nitrogen and oxygen atoms in total. The Labute approximate surface area is 172 Å². The lowest BCUT2D eigenvalue weighted by molar-refractivity contribution is -0.143. The summed E-state index contributed by atoms with van der Waals surface area (Å²) in [5.74, 6) is -1.30. The molecule has 2 atom stereocenters. The van der Waals surface area contributed by atoms with Crippen molar-refractivity contribution in [3.63, 3.8) is 0 Å². The minimum Gasteiger partial charge on any atom is -0.467 e. The molecule has 2 amide bonds. The smallest absolute Gasteiger partial charge is 0.408 e. The van der Waals surface area contributed by atoms with Gasteiger partial charge in [0.05, 0.1) is 14.2 Å². The Balaban J connectivity index is 4.89. The molecule has 2 N–H and O–H groups in total. The summed E-state index contributed by atoms with van der Waals surface area (Å²) in [6, 6.07) is -1.93. The van der Waals surface area contributed by atoms with Crippen LogP contribution >= 0.6 is 0 Å². The Kier molecular flexibility index (Phi) is 10.5. The van der Waals surface area contributed by atoms with Crippen LogP contribution in [0.1, 0.15) is 60.8 Å². The van der Waals surface area contributed by atoms with Gasteiger partial charge in [-0.15, -0.1) is 0 Å². The number of nitrogens with one attached hydrogen (secondary N) is 2. The normalized spacial score (nSPS) is 13.5. The van der Waals surface area contributed by atoms with Crippen LogP contribution in [-0.4, -0.2) is 61.6 Å². The van der Waals surface area contributed by atoms with Crippen molar-refractivity contribution in [1.82, 2.24) is 10.6 Å². The first-order chi connectivity index (χ1) is 13.2. The lowest BCUT2D eigenvalue weighted by atomic mass is 10.1. The minimum absolute atomic E-state index is 0.162. The minimum atomic E-state index is -0.963. The van der Waals surface area contributed by atoms with Crippen molar-refractivity contribution in [2.75, 3.05) is 14.2 Å². The molecule has 10 heteroatoms. The molecule has 0 aliphatic rings. The number of hydrogen-bond donors (Lipinski definition) is 2. The molecule has 0 aliphatic heterocycles. The summed E-state index contributed by atoms with van der Waals surface area (Å²) in [5, 5.41) is 4.90. The summed E-state index contributed by atoms with van der Waals surface area (Å²) in [6.45, 7) is 10.2. The maximum absolute atomic E-state index is 11.9. The van der Waals surface area contributed by atoms with Gasteiger partial charge in [-0.2, -0.15) is 0 Å². The second-order valence-electron chi connectivity index (χ2n) is 8.37. The molecule has 0 aromatic rings. The lowest BCUT2D eigenvalue weighted by Gasteiger charge is -2.24. The second kappa shape index (κ2) is 11.5. The zero-order valence-corrected chi connectivity index (χ0v) is 18.5. The average molecular weight is 418 g/mol. The van der Waals surface area contributed by atoms with Crippen LogP contribution in [-0.2, 0) is 28.5 Å². The number of ether oxygens (including phenoxy) is 4. The van der Waals surface area contributed by atoms with E-state index in [-0.39, 0.29) is 12.8 Å². The van der Waals surface area contributed by atoms with Crippen molar-refractivity contribution in [1.29, 1.82) is 0 Å². The molecule has 0 unspecified atom stereocenters. The Hall–Kier alpha value is -2.52. The molecule has 0 bridgehead atoms. The maximum Gasteiger partial charge on any atom is 0.408 e. The maximum atomic E-state index is 11.9. The van der Waals surface area contributed by atoms with E-state index < -0.39 is 47.4 Å². The number of carbonyl (C=O) groups is 4. The summed E-state index contributed by atoms with van der Waals surface area (Å²) in [6.07, 6.45) is -0.899. The summed E-state index contributed by atoms with van der Waals surface area (Å²) in [5.41, 5.74) is -1.45. The molecule has 0 saturated heterocycles. The van der Waals surface area contributed by atoms with Crippen LogP contribution in [0.4, 0.5) is 9.59 Å². The first-order valence-corrected chi connectivity index (χ1v) is 9.33. The number of amides is 2. The first kappa shape index (κ1) is 26.5. The summed E-state index contributed by atoms with van der Waals surface area (Å²) >= 11 is 0. The van der Waals surface area contributed by atoms with Gasteiger partial charge in [-0.05, 0) is 60.8 Å². The Morgan fingerprint density at radius 3 is 1.24 bits per heavy atom. The number of carbonyl (C=O) groups excluding carboxylic acids is 4. The highest BCUT2D eigenvalue weighted by atomic mass is 16.6. The van der Waals surface area contributed by atoms with Gasteiger partial charge in [-0.25, -0.2) is 19.2 Å². The summed E-state index contributed by atoms with van der Waals surface area (Å²) in [7, 11) is 2.40. The third-order valence-corrected chi connectivity index (χ3v) is 3.34. The zero-order valence-electron chi connectivity index (χ0n) is 18.5. The van der Waals surface area contributed by atoms with E-state index in [1.807, 2.05) is 0 Å². The van der Waals surface area contributed by atoms with E-state index in [1.165, 1.54) is 14.2 Å². The van der Waals surface area contributed by atoms with Crippen molar-refractivity contribution < 1.29 is 38.1 Å². The molecule has 0 aromatic heterocycles. The SMILES string of the molecule is COC(=O)[C@H](CCC[C@@H](NC(=O)OC(C)(C)C)C(=O)OC)NC(=O)OC(C)(C)C. The summed E-state index contributed by atoms with van der Waals surface area (Å²) in [4.78, 5) is 47.7.